The standard InChI is InChI=1S/C12H16ClF2N3O2/c13-9-2-1-8(5-10(9)16)17-12(20)7-18(3-4-19)6-11(14)15/h1-2,5,11,19H,3-4,6-7,16H2,(H,17,20). The van der Waals surface area contributed by atoms with Crippen LogP contribution >= 0.6 is 11.6 Å². The van der Waals surface area contributed by atoms with Crippen molar-refractivity contribution in [3.05, 3.63) is 23.2 Å². The molecule has 4 N–H and O–H groups in total. The molecule has 20 heavy (non-hydrogen) atoms. The van der Waals surface area contributed by atoms with Gasteiger partial charge in [0.2, 0.25) is 5.91 Å². The molecule has 0 saturated carbocycles. The van der Waals surface area contributed by atoms with Gasteiger partial charge in [0.15, 0.2) is 0 Å². The number of carbonyl (C=O) groups is 1. The van der Waals surface area contributed by atoms with Crippen LogP contribution in [0.1, 0.15) is 0 Å². The average Bonchev–Trinajstić information content (AvgIpc) is 2.33. The summed E-state index contributed by atoms with van der Waals surface area (Å²) in [6.07, 6.45) is -2.57. The largest absolute Gasteiger partial charge is 0.397 e. The van der Waals surface area contributed by atoms with Crippen LogP contribution in [-0.2, 0) is 4.79 Å². The molecule has 0 atom stereocenters. The smallest absolute Gasteiger partial charge is 0.251 e. The molecular weight excluding hydrogens is 292 g/mol. The minimum absolute atomic E-state index is 0.000513. The molecule has 1 amide bonds. The molecule has 0 aliphatic carbocycles. The highest BCUT2D eigenvalue weighted by Crippen LogP contribution is 2.22. The molecule has 112 valence electrons. The second-order valence-corrected chi connectivity index (χ2v) is 4.54. The van der Waals surface area contributed by atoms with Gasteiger partial charge in [-0.2, -0.15) is 0 Å². The van der Waals surface area contributed by atoms with Crippen molar-refractivity contribution in [1.29, 1.82) is 0 Å². The van der Waals surface area contributed by atoms with E-state index in [4.69, 9.17) is 22.4 Å². The van der Waals surface area contributed by atoms with E-state index in [0.29, 0.717) is 16.4 Å². The Bertz CT molecular complexity index is 460. The summed E-state index contributed by atoms with van der Waals surface area (Å²) < 4.78 is 24.6. The van der Waals surface area contributed by atoms with Crippen LogP contribution in [-0.4, -0.2) is 48.6 Å². The summed E-state index contributed by atoms with van der Waals surface area (Å²) in [5.41, 5.74) is 6.32. The number of amides is 1. The lowest BCUT2D eigenvalue weighted by Gasteiger charge is -2.20. The maximum absolute atomic E-state index is 12.3. The van der Waals surface area contributed by atoms with E-state index in [0.717, 1.165) is 0 Å². The first-order chi connectivity index (χ1) is 9.42. The van der Waals surface area contributed by atoms with E-state index in [1.807, 2.05) is 0 Å². The topological polar surface area (TPSA) is 78.6 Å². The third kappa shape index (κ3) is 5.68. The van der Waals surface area contributed by atoms with Gasteiger partial charge in [-0.15, -0.1) is 0 Å². The zero-order valence-corrected chi connectivity index (χ0v) is 11.4. The Kier molecular flexibility index (Phi) is 6.63. The summed E-state index contributed by atoms with van der Waals surface area (Å²) in [6, 6.07) is 4.56. The molecule has 0 aromatic heterocycles. The van der Waals surface area contributed by atoms with Gasteiger partial charge < -0.3 is 16.2 Å². The Morgan fingerprint density at radius 3 is 2.75 bits per heavy atom. The highest BCUT2D eigenvalue weighted by molar-refractivity contribution is 6.33. The first-order valence-corrected chi connectivity index (χ1v) is 6.26. The van der Waals surface area contributed by atoms with E-state index in [-0.39, 0.29) is 19.7 Å². The van der Waals surface area contributed by atoms with Crippen LogP contribution in [0.5, 0.6) is 0 Å². The zero-order chi connectivity index (χ0) is 15.1. The molecule has 0 heterocycles. The van der Waals surface area contributed by atoms with Gasteiger partial charge in [-0.05, 0) is 18.2 Å². The highest BCUT2D eigenvalue weighted by atomic mass is 35.5. The van der Waals surface area contributed by atoms with Crippen LogP contribution in [0.2, 0.25) is 5.02 Å². The summed E-state index contributed by atoms with van der Waals surface area (Å²) in [4.78, 5) is 12.9. The second kappa shape index (κ2) is 7.98. The second-order valence-electron chi connectivity index (χ2n) is 4.13. The molecule has 1 rings (SSSR count). The van der Waals surface area contributed by atoms with Gasteiger partial charge >= 0.3 is 0 Å². The number of anilines is 2. The average molecular weight is 308 g/mol. The third-order valence-corrected chi connectivity index (χ3v) is 2.80. The highest BCUT2D eigenvalue weighted by Gasteiger charge is 2.15. The van der Waals surface area contributed by atoms with Crippen molar-refractivity contribution in [2.45, 2.75) is 6.43 Å². The molecule has 0 unspecified atom stereocenters. The van der Waals surface area contributed by atoms with Gasteiger partial charge in [-0.25, -0.2) is 8.78 Å². The number of hydrogen-bond acceptors (Lipinski definition) is 4. The SMILES string of the molecule is Nc1cc(NC(=O)CN(CCO)CC(F)F)ccc1Cl. The number of alkyl halides is 2. The number of rotatable bonds is 7. The monoisotopic (exact) mass is 307 g/mol. The Morgan fingerprint density at radius 2 is 2.20 bits per heavy atom. The van der Waals surface area contributed by atoms with Crippen molar-refractivity contribution in [1.82, 2.24) is 4.90 Å². The maximum Gasteiger partial charge on any atom is 0.251 e. The molecule has 0 radical (unpaired) electrons. The van der Waals surface area contributed by atoms with Gasteiger partial charge in [-0.1, -0.05) is 11.6 Å². The molecule has 0 saturated heterocycles. The molecule has 0 aliphatic rings. The number of aliphatic hydroxyl groups is 1. The van der Waals surface area contributed by atoms with Gasteiger partial charge in [0.1, 0.15) is 0 Å². The van der Waals surface area contributed by atoms with Crippen molar-refractivity contribution >= 4 is 28.9 Å². The summed E-state index contributed by atoms with van der Waals surface area (Å²) in [7, 11) is 0. The quantitative estimate of drug-likeness (QED) is 0.666. The molecule has 8 heteroatoms. The number of nitrogen functional groups attached to an aromatic ring is 1. The lowest BCUT2D eigenvalue weighted by molar-refractivity contribution is -0.117. The fourth-order valence-electron chi connectivity index (χ4n) is 1.60. The first kappa shape index (κ1) is 16.6. The van der Waals surface area contributed by atoms with Crippen LogP contribution in [0, 0.1) is 0 Å². The number of nitrogens with one attached hydrogen (secondary N) is 1. The van der Waals surface area contributed by atoms with Crippen LogP contribution in [0.4, 0.5) is 20.2 Å². The van der Waals surface area contributed by atoms with Crippen molar-refractivity contribution in [3.8, 4) is 0 Å². The molecule has 0 spiro atoms. The minimum Gasteiger partial charge on any atom is -0.397 e. The number of hydrogen-bond donors (Lipinski definition) is 3. The lowest BCUT2D eigenvalue weighted by atomic mass is 10.3. The van der Waals surface area contributed by atoms with Gasteiger partial charge in [0, 0.05) is 12.2 Å². The molecule has 0 bridgehead atoms. The zero-order valence-electron chi connectivity index (χ0n) is 10.7. The number of nitrogens with zero attached hydrogens (tertiary/aromatic N) is 1. The maximum atomic E-state index is 12.3. The Balaban J connectivity index is 2.58. The van der Waals surface area contributed by atoms with Gasteiger partial charge in [-0.3, -0.25) is 9.69 Å². The minimum atomic E-state index is -2.57. The van der Waals surface area contributed by atoms with Crippen LogP contribution < -0.4 is 11.1 Å². The van der Waals surface area contributed by atoms with E-state index >= 15 is 0 Å². The predicted molar refractivity (Wildman–Crippen MR) is 74.0 cm³/mol. The van der Waals surface area contributed by atoms with Gasteiger partial charge in [0.25, 0.3) is 6.43 Å². The third-order valence-electron chi connectivity index (χ3n) is 2.46. The normalized spacial score (nSPS) is 11.1. The molecule has 1 aromatic rings. The number of aliphatic hydroxyl groups excluding tert-OH is 1. The number of nitrogens with two attached hydrogens (primary N) is 1. The van der Waals surface area contributed by atoms with Crippen LogP contribution in [0.15, 0.2) is 18.2 Å². The molecule has 1 aromatic carbocycles. The number of halogens is 3. The van der Waals surface area contributed by atoms with Gasteiger partial charge in [0.05, 0.1) is 30.4 Å². The van der Waals surface area contributed by atoms with Crippen LogP contribution in [0.25, 0.3) is 0 Å². The van der Waals surface area contributed by atoms with E-state index in [9.17, 15) is 13.6 Å². The summed E-state index contributed by atoms with van der Waals surface area (Å²) in [5, 5.41) is 11.7. The van der Waals surface area contributed by atoms with Crippen LogP contribution in [0.3, 0.4) is 0 Å². The van der Waals surface area contributed by atoms with E-state index in [1.165, 1.54) is 17.0 Å². The van der Waals surface area contributed by atoms with Crippen molar-refractivity contribution in [3.63, 3.8) is 0 Å². The summed E-state index contributed by atoms with van der Waals surface area (Å²) in [6.45, 7) is -1.11. The molecule has 0 fully saturated rings. The fourth-order valence-corrected chi connectivity index (χ4v) is 1.71. The van der Waals surface area contributed by atoms with Crippen molar-refractivity contribution in [2.75, 3.05) is 37.3 Å². The van der Waals surface area contributed by atoms with E-state index < -0.39 is 18.9 Å². The number of carbonyl (C=O) groups excluding carboxylic acids is 1. The summed E-state index contributed by atoms with van der Waals surface area (Å²) >= 11 is 5.74. The van der Waals surface area contributed by atoms with E-state index in [1.54, 1.807) is 6.07 Å². The fraction of sp³-hybridized carbons (Fsp3) is 0.417. The first-order valence-electron chi connectivity index (χ1n) is 5.88. The Hall–Kier alpha value is -1.44. The van der Waals surface area contributed by atoms with E-state index in [2.05, 4.69) is 5.32 Å². The molecular formula is C12H16ClF2N3O2. The van der Waals surface area contributed by atoms with Crippen molar-refractivity contribution in [2.24, 2.45) is 0 Å². The predicted octanol–water partition coefficient (Wildman–Crippen LogP) is 1.42. The Morgan fingerprint density at radius 1 is 1.50 bits per heavy atom. The number of benzene rings is 1. The summed E-state index contributed by atoms with van der Waals surface area (Å²) in [5.74, 6) is -0.471. The van der Waals surface area contributed by atoms with Crippen molar-refractivity contribution < 1.29 is 18.7 Å². The Labute approximate surface area is 120 Å². The molecule has 5 nitrogen and oxygen atoms in total. The molecule has 0 aliphatic heterocycles. The lowest BCUT2D eigenvalue weighted by Crippen LogP contribution is -2.38.